The van der Waals surface area contributed by atoms with Gasteiger partial charge in [0.05, 0.1) is 7.11 Å². The highest BCUT2D eigenvalue weighted by Crippen LogP contribution is 2.12. The van der Waals surface area contributed by atoms with Gasteiger partial charge in [-0.25, -0.2) is 8.42 Å². The lowest BCUT2D eigenvalue weighted by Gasteiger charge is -2.00. The number of pyridine rings is 1. The van der Waals surface area contributed by atoms with Crippen molar-refractivity contribution < 1.29 is 21.7 Å². The summed E-state index contributed by atoms with van der Waals surface area (Å²) in [6.07, 6.45) is 0. The molecule has 0 spiro atoms. The topological polar surface area (TPSA) is 70.3 Å². The lowest BCUT2D eigenvalue weighted by molar-refractivity contribution is -0.651. The number of hydrogen-bond donors (Lipinski definition) is 0. The predicted octanol–water partition coefficient (Wildman–Crippen LogP) is 1.37. The summed E-state index contributed by atoms with van der Waals surface area (Å²) in [6.45, 7) is 4.25. The van der Waals surface area contributed by atoms with E-state index in [-0.39, 0.29) is 0 Å². The van der Waals surface area contributed by atoms with Gasteiger partial charge in [-0.05, 0) is 24.6 Å². The van der Waals surface area contributed by atoms with Gasteiger partial charge in [-0.1, -0.05) is 6.07 Å². The standard InChI is InChI=1S/C12H14N.CH4O4S/c1-9-4-6-11-7-5-10(2)13(3)12(11)8-9;1-5-6(2,3)4/h4-8H,1-3H3;1H3,(H,2,3,4)/q+1;/p-1. The molecule has 0 amide bonds. The molecule has 0 aliphatic heterocycles. The molecule has 0 N–H and O–H groups in total. The molecule has 5 nitrogen and oxygen atoms in total. The van der Waals surface area contributed by atoms with Gasteiger partial charge in [0.15, 0.2) is 5.69 Å². The maximum atomic E-state index is 9.22. The summed E-state index contributed by atoms with van der Waals surface area (Å²) >= 11 is 0. The van der Waals surface area contributed by atoms with Crippen molar-refractivity contribution in [1.82, 2.24) is 0 Å². The Morgan fingerprint density at radius 1 is 1.16 bits per heavy atom. The fourth-order valence-corrected chi connectivity index (χ4v) is 1.60. The van der Waals surface area contributed by atoms with Gasteiger partial charge < -0.3 is 4.55 Å². The van der Waals surface area contributed by atoms with Gasteiger partial charge in [-0.3, -0.25) is 4.18 Å². The van der Waals surface area contributed by atoms with Crippen molar-refractivity contribution in [3.05, 3.63) is 41.6 Å². The average molecular weight is 283 g/mol. The van der Waals surface area contributed by atoms with E-state index in [1.807, 2.05) is 0 Å². The van der Waals surface area contributed by atoms with Crippen LogP contribution in [0.4, 0.5) is 0 Å². The molecule has 0 aliphatic rings. The number of nitrogens with zero attached hydrogens (tertiary/aromatic N) is 1. The first-order chi connectivity index (χ1) is 8.74. The van der Waals surface area contributed by atoms with Crippen molar-refractivity contribution in [1.29, 1.82) is 0 Å². The van der Waals surface area contributed by atoms with Crippen LogP contribution < -0.4 is 4.57 Å². The molecule has 6 heteroatoms. The Morgan fingerprint density at radius 3 is 2.21 bits per heavy atom. The first-order valence-electron chi connectivity index (χ1n) is 5.62. The first-order valence-corrected chi connectivity index (χ1v) is 6.95. The highest BCUT2D eigenvalue weighted by atomic mass is 32.3. The van der Waals surface area contributed by atoms with E-state index in [1.54, 1.807) is 0 Å². The number of benzene rings is 1. The molecule has 0 bridgehead atoms. The Labute approximate surface area is 113 Å². The molecule has 0 fully saturated rings. The highest BCUT2D eigenvalue weighted by molar-refractivity contribution is 7.80. The van der Waals surface area contributed by atoms with Gasteiger partial charge in [0.2, 0.25) is 15.9 Å². The minimum atomic E-state index is -4.41. The molecule has 0 saturated carbocycles. The van der Waals surface area contributed by atoms with E-state index < -0.39 is 10.4 Å². The zero-order chi connectivity index (χ0) is 14.6. The predicted molar refractivity (Wildman–Crippen MR) is 71.3 cm³/mol. The van der Waals surface area contributed by atoms with Crippen LogP contribution in [0.3, 0.4) is 0 Å². The summed E-state index contributed by atoms with van der Waals surface area (Å²) in [4.78, 5) is 0. The molecule has 2 rings (SSSR count). The largest absolute Gasteiger partial charge is 0.726 e. The average Bonchev–Trinajstić information content (AvgIpc) is 2.34. The monoisotopic (exact) mass is 283 g/mol. The first kappa shape index (κ1) is 15.6. The molecule has 19 heavy (non-hydrogen) atoms. The van der Waals surface area contributed by atoms with Gasteiger partial charge in [0.1, 0.15) is 7.05 Å². The van der Waals surface area contributed by atoms with Gasteiger partial charge in [-0.15, -0.1) is 0 Å². The third-order valence-electron chi connectivity index (χ3n) is 2.78. The molecule has 0 unspecified atom stereocenters. The Kier molecular flexibility index (Phi) is 4.99. The van der Waals surface area contributed by atoms with Gasteiger partial charge >= 0.3 is 0 Å². The van der Waals surface area contributed by atoms with Crippen molar-refractivity contribution in [2.45, 2.75) is 13.8 Å². The Hall–Kier alpha value is -1.50. The van der Waals surface area contributed by atoms with Crippen LogP contribution in [0.5, 0.6) is 0 Å². The molecule has 1 aromatic carbocycles. The van der Waals surface area contributed by atoms with E-state index in [4.69, 9.17) is 0 Å². The summed E-state index contributed by atoms with van der Waals surface area (Å²) in [6, 6.07) is 10.9. The van der Waals surface area contributed by atoms with Crippen molar-refractivity contribution in [3.63, 3.8) is 0 Å². The Bertz CT molecular complexity index is 675. The van der Waals surface area contributed by atoms with Crippen molar-refractivity contribution in [2.75, 3.05) is 7.11 Å². The SMILES string of the molecule is COS(=O)(=O)[O-].Cc1ccc2ccc(C)[n+](C)c2c1. The maximum absolute atomic E-state index is 9.22. The maximum Gasteiger partial charge on any atom is 0.217 e. The van der Waals surface area contributed by atoms with Crippen LogP contribution in [0.25, 0.3) is 10.9 Å². The van der Waals surface area contributed by atoms with Gasteiger partial charge in [-0.2, -0.15) is 4.57 Å². The van der Waals surface area contributed by atoms with E-state index in [9.17, 15) is 13.0 Å². The Balaban J connectivity index is 0.000000258. The molecule has 1 heterocycles. The third-order valence-corrected chi connectivity index (χ3v) is 3.19. The molecule has 0 radical (unpaired) electrons. The Morgan fingerprint density at radius 2 is 1.68 bits per heavy atom. The smallest absolute Gasteiger partial charge is 0.217 e. The number of fused-ring (bicyclic) bond motifs is 1. The molecule has 0 atom stereocenters. The fourth-order valence-electron chi connectivity index (χ4n) is 1.60. The van der Waals surface area contributed by atoms with Crippen LogP contribution >= 0.6 is 0 Å². The van der Waals surface area contributed by atoms with E-state index in [2.05, 4.69) is 60.0 Å². The van der Waals surface area contributed by atoms with Gasteiger partial charge in [0, 0.05) is 24.4 Å². The van der Waals surface area contributed by atoms with Crippen LogP contribution in [-0.2, 0) is 21.6 Å². The van der Waals surface area contributed by atoms with Crippen molar-refractivity contribution in [3.8, 4) is 0 Å². The molecule has 2 aromatic rings. The molecule has 0 aliphatic carbocycles. The summed E-state index contributed by atoms with van der Waals surface area (Å²) < 4.78 is 33.2. The van der Waals surface area contributed by atoms with E-state index in [0.717, 1.165) is 7.11 Å². The van der Waals surface area contributed by atoms with E-state index >= 15 is 0 Å². The molecule has 1 aromatic heterocycles. The number of aryl methyl sites for hydroxylation is 3. The highest BCUT2D eigenvalue weighted by Gasteiger charge is 2.06. The van der Waals surface area contributed by atoms with E-state index in [1.165, 1.54) is 22.2 Å². The minimum absolute atomic E-state index is 0.808. The quantitative estimate of drug-likeness (QED) is 0.450. The van der Waals surface area contributed by atoms with E-state index in [0.29, 0.717) is 0 Å². The van der Waals surface area contributed by atoms with Crippen molar-refractivity contribution >= 4 is 21.3 Å². The zero-order valence-corrected chi connectivity index (χ0v) is 12.2. The van der Waals surface area contributed by atoms with Crippen molar-refractivity contribution in [2.24, 2.45) is 7.05 Å². The number of aromatic nitrogens is 1. The zero-order valence-electron chi connectivity index (χ0n) is 11.4. The summed E-state index contributed by atoms with van der Waals surface area (Å²) in [5.74, 6) is 0. The number of rotatable bonds is 1. The molecule has 0 saturated heterocycles. The summed E-state index contributed by atoms with van der Waals surface area (Å²) in [5.41, 5.74) is 3.91. The minimum Gasteiger partial charge on any atom is -0.726 e. The van der Waals surface area contributed by atoms with Gasteiger partial charge in [0.25, 0.3) is 0 Å². The van der Waals surface area contributed by atoms with Crippen LogP contribution in [0.1, 0.15) is 11.3 Å². The lowest BCUT2D eigenvalue weighted by Crippen LogP contribution is -2.32. The van der Waals surface area contributed by atoms with Crippen LogP contribution in [-0.4, -0.2) is 20.1 Å². The normalized spacial score (nSPS) is 11.0. The van der Waals surface area contributed by atoms with Crippen LogP contribution in [0.15, 0.2) is 30.3 Å². The second-order valence-corrected chi connectivity index (χ2v) is 5.32. The second kappa shape index (κ2) is 6.10. The number of hydrogen-bond acceptors (Lipinski definition) is 4. The third kappa shape index (κ3) is 4.59. The van der Waals surface area contributed by atoms with Crippen LogP contribution in [0.2, 0.25) is 0 Å². The summed E-state index contributed by atoms with van der Waals surface area (Å²) in [7, 11) is -1.50. The lowest BCUT2D eigenvalue weighted by atomic mass is 10.1. The fraction of sp³-hybridized carbons (Fsp3) is 0.308. The molecular formula is C13H17NO4S. The second-order valence-electron chi connectivity index (χ2n) is 4.17. The van der Waals surface area contributed by atoms with Crippen LogP contribution in [0, 0.1) is 13.8 Å². The molecule has 104 valence electrons. The molecular weight excluding hydrogens is 266 g/mol. The summed E-state index contributed by atoms with van der Waals surface area (Å²) in [5, 5.41) is 1.30.